The number of rotatable bonds is 8. The number of fused-ring (bicyclic) bond motifs is 6. The maximum Gasteiger partial charge on any atom is 0.0765 e. The van der Waals surface area contributed by atoms with E-state index in [9.17, 15) is 5.11 Å². The Kier molecular flexibility index (Phi) is 8.91. The largest absolute Gasteiger partial charge is 0.389 e. The van der Waals surface area contributed by atoms with Gasteiger partial charge in [-0.2, -0.15) is 0 Å². The average molecular weight is 604 g/mol. The van der Waals surface area contributed by atoms with Crippen molar-refractivity contribution in [2.75, 3.05) is 32.9 Å². The Balaban J connectivity index is 0.986. The highest BCUT2D eigenvalue weighted by molar-refractivity contribution is 5.33. The standard InChI is InChI=1S/C39H57NO4/c1-26-20-36-37(40(24-26)16-17-42-18-19-43-25-29-8-6-5-7-9-29)28(3)39(44-36)15-13-32-33-11-10-30-21-31(41)12-14-38(30,4)35(33)22-34(32)27(2)23-39/h5-9,21,26,28,31-33,35-37,41H,10-20,22-25H2,1-4H3/t26-,28+,31-,32-,33-,35-,36+,37-,38-,39-/m0/s1. The van der Waals surface area contributed by atoms with Gasteiger partial charge >= 0.3 is 0 Å². The zero-order valence-electron chi connectivity index (χ0n) is 27.8. The molecule has 0 amide bonds. The van der Waals surface area contributed by atoms with Gasteiger partial charge in [0.05, 0.1) is 44.2 Å². The molecule has 5 nitrogen and oxygen atoms in total. The molecule has 6 aliphatic rings. The van der Waals surface area contributed by atoms with Gasteiger partial charge in [-0.3, -0.25) is 4.90 Å². The van der Waals surface area contributed by atoms with Crippen molar-refractivity contribution in [2.24, 2.45) is 35.0 Å². The molecule has 2 saturated heterocycles. The fourth-order valence-corrected chi connectivity index (χ4v) is 11.1. The van der Waals surface area contributed by atoms with E-state index in [2.05, 4.69) is 62.9 Å². The van der Waals surface area contributed by atoms with Gasteiger partial charge in [-0.15, -0.1) is 0 Å². The topological polar surface area (TPSA) is 51.2 Å². The molecule has 0 unspecified atom stereocenters. The molecule has 0 bridgehead atoms. The summed E-state index contributed by atoms with van der Waals surface area (Å²) in [5, 5.41) is 10.4. The van der Waals surface area contributed by atoms with Crippen molar-refractivity contribution in [3.8, 4) is 0 Å². The van der Waals surface area contributed by atoms with Crippen molar-refractivity contribution in [3.05, 3.63) is 58.7 Å². The maximum atomic E-state index is 10.4. The van der Waals surface area contributed by atoms with Gasteiger partial charge in [-0.25, -0.2) is 0 Å². The monoisotopic (exact) mass is 603 g/mol. The van der Waals surface area contributed by atoms with Crippen molar-refractivity contribution < 1.29 is 19.3 Å². The summed E-state index contributed by atoms with van der Waals surface area (Å²) < 4.78 is 19.2. The molecule has 2 heterocycles. The van der Waals surface area contributed by atoms with Crippen LogP contribution in [-0.4, -0.2) is 66.8 Å². The van der Waals surface area contributed by atoms with Crippen LogP contribution < -0.4 is 0 Å². The lowest BCUT2D eigenvalue weighted by atomic mass is 9.56. The Labute approximate surface area is 266 Å². The van der Waals surface area contributed by atoms with Crippen LogP contribution in [0, 0.1) is 35.0 Å². The van der Waals surface area contributed by atoms with Gasteiger partial charge in [0.1, 0.15) is 0 Å². The van der Waals surface area contributed by atoms with Crippen LogP contribution in [0.25, 0.3) is 0 Å². The van der Waals surface area contributed by atoms with Crippen LogP contribution in [0.3, 0.4) is 0 Å². The summed E-state index contributed by atoms with van der Waals surface area (Å²) in [6, 6.07) is 10.9. The number of ether oxygens (including phenoxy) is 3. The number of aliphatic hydroxyl groups excluding tert-OH is 1. The maximum absolute atomic E-state index is 10.4. The van der Waals surface area contributed by atoms with Gasteiger partial charge in [0, 0.05) is 25.0 Å². The molecule has 10 atom stereocenters. The van der Waals surface area contributed by atoms with Crippen molar-refractivity contribution in [2.45, 2.75) is 116 Å². The molecular weight excluding hydrogens is 546 g/mol. The lowest BCUT2D eigenvalue weighted by Gasteiger charge is -2.49. The van der Waals surface area contributed by atoms with Gasteiger partial charge in [0.15, 0.2) is 0 Å². The molecule has 7 rings (SSSR count). The van der Waals surface area contributed by atoms with E-state index in [4.69, 9.17) is 14.2 Å². The smallest absolute Gasteiger partial charge is 0.0765 e. The van der Waals surface area contributed by atoms with Gasteiger partial charge in [0.25, 0.3) is 0 Å². The lowest BCUT2D eigenvalue weighted by molar-refractivity contribution is -0.0807. The van der Waals surface area contributed by atoms with E-state index in [1.54, 1.807) is 16.7 Å². The molecule has 1 spiro atoms. The Bertz CT molecular complexity index is 1230. The minimum absolute atomic E-state index is 0.0285. The highest BCUT2D eigenvalue weighted by atomic mass is 16.5. The first-order valence-corrected chi connectivity index (χ1v) is 18.0. The number of nitrogens with zero attached hydrogens (tertiary/aromatic N) is 1. The summed E-state index contributed by atoms with van der Waals surface area (Å²) in [7, 11) is 0. The third-order valence-corrected chi connectivity index (χ3v) is 13.3. The number of likely N-dealkylation sites (tertiary alicyclic amines) is 1. The van der Waals surface area contributed by atoms with E-state index in [1.807, 2.05) is 6.07 Å². The fourth-order valence-electron chi connectivity index (χ4n) is 11.1. The molecule has 1 aromatic carbocycles. The van der Waals surface area contributed by atoms with E-state index < -0.39 is 0 Å². The molecule has 0 aromatic heterocycles. The van der Waals surface area contributed by atoms with Crippen LogP contribution in [0.5, 0.6) is 0 Å². The van der Waals surface area contributed by atoms with Crippen molar-refractivity contribution >= 4 is 0 Å². The van der Waals surface area contributed by atoms with E-state index in [-0.39, 0.29) is 17.1 Å². The molecule has 5 heteroatoms. The predicted molar refractivity (Wildman–Crippen MR) is 175 cm³/mol. The second-order valence-electron chi connectivity index (χ2n) is 15.8. The molecule has 1 aromatic rings. The minimum Gasteiger partial charge on any atom is -0.389 e. The Hall–Kier alpha value is -1.50. The van der Waals surface area contributed by atoms with Crippen LogP contribution in [0.15, 0.2) is 53.1 Å². The lowest BCUT2D eigenvalue weighted by Crippen LogP contribution is -2.52. The Morgan fingerprint density at radius 3 is 2.68 bits per heavy atom. The Morgan fingerprint density at radius 1 is 1.02 bits per heavy atom. The summed E-state index contributed by atoms with van der Waals surface area (Å²) >= 11 is 0. The van der Waals surface area contributed by atoms with E-state index in [0.717, 1.165) is 56.7 Å². The number of hydrogen-bond acceptors (Lipinski definition) is 5. The van der Waals surface area contributed by atoms with E-state index in [1.165, 1.54) is 44.1 Å². The molecule has 1 N–H and O–H groups in total. The third kappa shape index (κ3) is 5.68. The van der Waals surface area contributed by atoms with Gasteiger partial charge < -0.3 is 19.3 Å². The molecule has 242 valence electrons. The molecule has 44 heavy (non-hydrogen) atoms. The van der Waals surface area contributed by atoms with Crippen LogP contribution in [0.1, 0.15) is 91.0 Å². The molecular formula is C39H57NO4. The van der Waals surface area contributed by atoms with E-state index in [0.29, 0.717) is 43.8 Å². The van der Waals surface area contributed by atoms with Gasteiger partial charge in [-0.1, -0.05) is 73.9 Å². The number of allylic oxidation sites excluding steroid dienone is 2. The zero-order valence-corrected chi connectivity index (χ0v) is 27.8. The number of hydrogen-bond donors (Lipinski definition) is 1. The van der Waals surface area contributed by atoms with Gasteiger partial charge in [0.2, 0.25) is 0 Å². The SMILES string of the molecule is CC1=C2C[C@H]3[C@@H](CCC4=C[C@@H](O)CC[C@@]43C)[C@@H]2CC[C@@]2(C1)O[C@@H]1C[C@H](C)CN(CCOCCOCc3ccccc3)[C@H]1[C@H]2C. The third-order valence-electron chi connectivity index (χ3n) is 13.3. The van der Waals surface area contributed by atoms with Crippen molar-refractivity contribution in [3.63, 3.8) is 0 Å². The first kappa shape index (κ1) is 31.1. The summed E-state index contributed by atoms with van der Waals surface area (Å²) in [6.45, 7) is 14.7. The molecule has 2 saturated carbocycles. The number of piperidine rings is 1. The zero-order chi connectivity index (χ0) is 30.5. The second kappa shape index (κ2) is 12.6. The summed E-state index contributed by atoms with van der Waals surface area (Å²) in [5.74, 6) is 3.46. The highest BCUT2D eigenvalue weighted by Gasteiger charge is 2.59. The first-order chi connectivity index (χ1) is 21.3. The van der Waals surface area contributed by atoms with Gasteiger partial charge in [-0.05, 0) is 99.4 Å². The molecule has 0 radical (unpaired) electrons. The Morgan fingerprint density at radius 2 is 1.84 bits per heavy atom. The summed E-state index contributed by atoms with van der Waals surface area (Å²) in [5.41, 5.74) is 6.48. The molecule has 4 fully saturated rings. The number of benzene rings is 1. The normalized spacial score (nSPS) is 42.0. The first-order valence-electron chi connectivity index (χ1n) is 18.0. The average Bonchev–Trinajstić information content (AvgIpc) is 3.47. The number of aliphatic hydroxyl groups is 1. The summed E-state index contributed by atoms with van der Waals surface area (Å²) in [4.78, 5) is 2.72. The van der Waals surface area contributed by atoms with Crippen molar-refractivity contribution in [1.82, 2.24) is 4.90 Å². The van der Waals surface area contributed by atoms with Crippen LogP contribution in [-0.2, 0) is 20.8 Å². The molecule has 4 aliphatic carbocycles. The van der Waals surface area contributed by atoms with Crippen LogP contribution in [0.2, 0.25) is 0 Å². The molecule has 2 aliphatic heterocycles. The quantitative estimate of drug-likeness (QED) is 0.249. The highest BCUT2D eigenvalue weighted by Crippen LogP contribution is 2.64. The second-order valence-corrected chi connectivity index (χ2v) is 15.8. The minimum atomic E-state index is -0.223. The van der Waals surface area contributed by atoms with Crippen LogP contribution >= 0.6 is 0 Å². The summed E-state index contributed by atoms with van der Waals surface area (Å²) in [6.07, 6.45) is 13.0. The van der Waals surface area contributed by atoms with E-state index >= 15 is 0 Å². The van der Waals surface area contributed by atoms with Crippen LogP contribution in [0.4, 0.5) is 0 Å². The van der Waals surface area contributed by atoms with Crippen molar-refractivity contribution in [1.29, 1.82) is 0 Å². The fraction of sp³-hybridized carbons (Fsp3) is 0.744. The predicted octanol–water partition coefficient (Wildman–Crippen LogP) is 7.34.